The second-order valence-electron chi connectivity index (χ2n) is 18.9. The first-order chi connectivity index (χ1) is 30.3. The molecule has 2 nitrogen and oxygen atoms in total. The van der Waals surface area contributed by atoms with Crippen LogP contribution in [0.15, 0.2) is 200 Å². The summed E-state index contributed by atoms with van der Waals surface area (Å²) in [6, 6.07) is 66.5. The Bertz CT molecular complexity index is 3260. The number of anilines is 2. The van der Waals surface area contributed by atoms with Gasteiger partial charge in [-0.25, -0.2) is 0 Å². The first-order valence-electron chi connectivity index (χ1n) is 22.2. The SMILES string of the molecule is CC1(C)c2ccccc2-c2cc(-c3ccc(N(C4=CC=CC5c6cccc7c8ccccc8n(c67)C45)c4ccc(-c5ccc6c(c5)-c5ccccc5C6(C)C)cc4)cc3)ccc21. The van der Waals surface area contributed by atoms with Crippen molar-refractivity contribution in [2.24, 2.45) is 0 Å². The highest BCUT2D eigenvalue weighted by Crippen LogP contribution is 2.55. The van der Waals surface area contributed by atoms with Crippen LogP contribution < -0.4 is 4.90 Å². The lowest BCUT2D eigenvalue weighted by molar-refractivity contribution is 0.572. The van der Waals surface area contributed by atoms with Gasteiger partial charge in [-0.05, 0) is 121 Å². The highest BCUT2D eigenvalue weighted by molar-refractivity contribution is 6.10. The maximum Gasteiger partial charge on any atom is 0.0850 e. The summed E-state index contributed by atoms with van der Waals surface area (Å²) in [7, 11) is 0. The summed E-state index contributed by atoms with van der Waals surface area (Å²) in [4.78, 5) is 2.52. The zero-order valence-corrected chi connectivity index (χ0v) is 35.5. The Morgan fingerprint density at radius 1 is 0.452 bits per heavy atom. The number of fused-ring (bicyclic) bond motifs is 12. The van der Waals surface area contributed by atoms with Crippen LogP contribution >= 0.6 is 0 Å². The molecule has 0 saturated heterocycles. The molecule has 3 aliphatic carbocycles. The van der Waals surface area contributed by atoms with Crippen molar-refractivity contribution < 1.29 is 0 Å². The van der Waals surface area contributed by atoms with E-state index in [1.165, 1.54) is 99.8 Å². The highest BCUT2D eigenvalue weighted by atomic mass is 15.2. The summed E-state index contributed by atoms with van der Waals surface area (Å²) in [6.45, 7) is 9.40. The van der Waals surface area contributed by atoms with Crippen LogP contribution in [0.1, 0.15) is 67.5 Å². The molecular formula is C60H46N2. The van der Waals surface area contributed by atoms with Crippen molar-refractivity contribution in [3.05, 3.63) is 228 Å². The molecule has 0 N–H and O–H groups in total. The number of para-hydroxylation sites is 2. The fraction of sp³-hybridized carbons (Fsp3) is 0.133. The second kappa shape index (κ2) is 12.7. The summed E-state index contributed by atoms with van der Waals surface area (Å²) < 4.78 is 2.63. The zero-order chi connectivity index (χ0) is 41.5. The first-order valence-corrected chi connectivity index (χ1v) is 22.2. The van der Waals surface area contributed by atoms with Crippen molar-refractivity contribution in [1.82, 2.24) is 4.57 Å². The van der Waals surface area contributed by atoms with E-state index < -0.39 is 0 Å². The predicted molar refractivity (Wildman–Crippen MR) is 259 cm³/mol. The second-order valence-corrected chi connectivity index (χ2v) is 18.9. The van der Waals surface area contributed by atoms with Gasteiger partial charge in [-0.1, -0.05) is 173 Å². The first kappa shape index (κ1) is 35.6. The van der Waals surface area contributed by atoms with Gasteiger partial charge in [0.2, 0.25) is 0 Å². The fourth-order valence-corrected chi connectivity index (χ4v) is 11.9. The Kier molecular flexibility index (Phi) is 7.28. The highest BCUT2D eigenvalue weighted by Gasteiger charge is 2.41. The number of nitrogens with zero attached hydrogens (tertiary/aromatic N) is 2. The third-order valence-corrected chi connectivity index (χ3v) is 15.0. The van der Waals surface area contributed by atoms with Crippen molar-refractivity contribution in [3.63, 3.8) is 0 Å². The molecule has 0 amide bonds. The Morgan fingerprint density at radius 3 is 1.55 bits per heavy atom. The minimum absolute atomic E-state index is 0.0101. The molecule has 0 radical (unpaired) electrons. The largest absolute Gasteiger partial charge is 0.330 e. The van der Waals surface area contributed by atoms with E-state index in [0.717, 1.165) is 11.4 Å². The molecule has 8 aromatic carbocycles. The molecule has 2 unspecified atom stereocenters. The third kappa shape index (κ3) is 4.81. The van der Waals surface area contributed by atoms with Crippen LogP contribution in [0, 0.1) is 0 Å². The van der Waals surface area contributed by atoms with E-state index in [0.29, 0.717) is 0 Å². The lowest BCUT2D eigenvalue weighted by Gasteiger charge is -2.36. The lowest BCUT2D eigenvalue weighted by atomic mass is 9.82. The van der Waals surface area contributed by atoms with Gasteiger partial charge in [-0.2, -0.15) is 0 Å². The lowest BCUT2D eigenvalue weighted by Crippen LogP contribution is -2.27. The summed E-state index contributed by atoms with van der Waals surface area (Å²) in [5.41, 5.74) is 23.5. The number of allylic oxidation sites excluding steroid dienone is 4. The molecule has 2 atom stereocenters. The minimum Gasteiger partial charge on any atom is -0.330 e. The standard InChI is InChI=1S/C60H46N2/c1-59(2)51-19-8-5-13-43(51)49-35-39(27-33-53(49)59)37-23-29-41(30-24-37)61(56-22-12-18-48-47-17-11-16-46-45-15-7-10-21-55(45)62(57(46)47)58(48)56)42-31-25-38(26-32-42)40-28-34-54-50(36-40)44-14-6-9-20-52(44)60(54,3)4/h5-36,48,58H,1-4H3. The molecule has 0 spiro atoms. The van der Waals surface area contributed by atoms with E-state index in [-0.39, 0.29) is 22.8 Å². The van der Waals surface area contributed by atoms with E-state index in [1.54, 1.807) is 0 Å². The van der Waals surface area contributed by atoms with Crippen LogP contribution in [0.3, 0.4) is 0 Å². The number of hydrogen-bond acceptors (Lipinski definition) is 1. The molecule has 2 heterocycles. The van der Waals surface area contributed by atoms with Crippen LogP contribution in [-0.2, 0) is 10.8 Å². The van der Waals surface area contributed by atoms with Crippen molar-refractivity contribution in [3.8, 4) is 44.5 Å². The van der Waals surface area contributed by atoms with E-state index >= 15 is 0 Å². The van der Waals surface area contributed by atoms with Gasteiger partial charge in [0.25, 0.3) is 0 Å². The Labute approximate surface area is 363 Å². The normalized spacial score (nSPS) is 18.0. The van der Waals surface area contributed by atoms with E-state index in [9.17, 15) is 0 Å². The smallest absolute Gasteiger partial charge is 0.0850 e. The minimum atomic E-state index is -0.0101. The topological polar surface area (TPSA) is 8.17 Å². The van der Waals surface area contributed by atoms with Crippen LogP contribution in [0.4, 0.5) is 11.4 Å². The van der Waals surface area contributed by atoms with E-state index in [2.05, 4.69) is 231 Å². The van der Waals surface area contributed by atoms with Gasteiger partial charge in [-0.3, -0.25) is 0 Å². The Morgan fingerprint density at radius 2 is 0.952 bits per heavy atom. The molecule has 0 bridgehead atoms. The van der Waals surface area contributed by atoms with Gasteiger partial charge < -0.3 is 9.47 Å². The van der Waals surface area contributed by atoms with Gasteiger partial charge in [0.1, 0.15) is 0 Å². The Balaban J connectivity index is 0.930. The summed E-state index contributed by atoms with van der Waals surface area (Å²) in [5.74, 6) is 0.233. The number of hydrogen-bond donors (Lipinski definition) is 0. The third-order valence-electron chi connectivity index (χ3n) is 15.0. The van der Waals surface area contributed by atoms with Crippen molar-refractivity contribution in [2.75, 3.05) is 4.90 Å². The van der Waals surface area contributed by atoms with Gasteiger partial charge >= 0.3 is 0 Å². The molecule has 0 fully saturated rings. The molecule has 2 heteroatoms. The van der Waals surface area contributed by atoms with Crippen LogP contribution in [0.2, 0.25) is 0 Å². The zero-order valence-electron chi connectivity index (χ0n) is 35.5. The van der Waals surface area contributed by atoms with Crippen molar-refractivity contribution >= 4 is 33.2 Å². The summed E-state index contributed by atoms with van der Waals surface area (Å²) >= 11 is 0. The molecule has 9 aromatic rings. The quantitative estimate of drug-likeness (QED) is 0.168. The molecule has 62 heavy (non-hydrogen) atoms. The monoisotopic (exact) mass is 794 g/mol. The molecular weight excluding hydrogens is 749 g/mol. The molecule has 1 aliphatic heterocycles. The van der Waals surface area contributed by atoms with Crippen molar-refractivity contribution in [2.45, 2.75) is 50.5 Å². The van der Waals surface area contributed by atoms with Gasteiger partial charge in [0, 0.05) is 50.1 Å². The van der Waals surface area contributed by atoms with Crippen molar-refractivity contribution in [1.29, 1.82) is 0 Å². The number of benzene rings is 8. The Hall–Kier alpha value is -7.16. The van der Waals surface area contributed by atoms with Crippen LogP contribution in [0.25, 0.3) is 66.3 Å². The number of aromatic nitrogens is 1. The predicted octanol–water partition coefficient (Wildman–Crippen LogP) is 15.7. The van der Waals surface area contributed by atoms with E-state index in [1.807, 2.05) is 0 Å². The molecule has 1 aromatic heterocycles. The molecule has 0 saturated carbocycles. The summed E-state index contributed by atoms with van der Waals surface area (Å²) in [5, 5.41) is 2.65. The van der Waals surface area contributed by atoms with Gasteiger partial charge in [0.05, 0.1) is 11.6 Å². The fourth-order valence-electron chi connectivity index (χ4n) is 11.9. The van der Waals surface area contributed by atoms with Crippen LogP contribution in [-0.4, -0.2) is 4.57 Å². The average Bonchev–Trinajstić information content (AvgIpc) is 3.98. The van der Waals surface area contributed by atoms with Crippen LogP contribution in [0.5, 0.6) is 0 Å². The molecule has 296 valence electrons. The molecule has 4 aliphatic rings. The number of rotatable bonds is 5. The van der Waals surface area contributed by atoms with Gasteiger partial charge in [-0.15, -0.1) is 0 Å². The van der Waals surface area contributed by atoms with Gasteiger partial charge in [0.15, 0.2) is 0 Å². The maximum absolute atomic E-state index is 2.63. The van der Waals surface area contributed by atoms with E-state index in [4.69, 9.17) is 0 Å². The molecule has 13 rings (SSSR count). The average molecular weight is 795 g/mol. The maximum atomic E-state index is 2.63. The summed E-state index contributed by atoms with van der Waals surface area (Å²) in [6.07, 6.45) is 7.05.